The van der Waals surface area contributed by atoms with Crippen LogP contribution in [0.1, 0.15) is 30.2 Å². The quantitative estimate of drug-likeness (QED) is 0.737. The number of aromatic nitrogens is 2. The van der Waals surface area contributed by atoms with Crippen molar-refractivity contribution in [2.24, 2.45) is 7.05 Å². The van der Waals surface area contributed by atoms with E-state index in [0.29, 0.717) is 17.3 Å². The third-order valence-corrected chi connectivity index (χ3v) is 4.60. The molecule has 0 aliphatic heterocycles. The number of benzene rings is 1. The zero-order valence-corrected chi connectivity index (χ0v) is 16.9. The van der Waals surface area contributed by atoms with Crippen LogP contribution in [0.2, 0.25) is 5.15 Å². The largest absolute Gasteiger partial charge is 0.330 e. The number of nitrogens with one attached hydrogen (secondary N) is 1. The van der Waals surface area contributed by atoms with Crippen molar-refractivity contribution in [2.45, 2.75) is 27.2 Å². The molecule has 0 aliphatic rings. The van der Waals surface area contributed by atoms with E-state index in [-0.39, 0.29) is 18.4 Å². The average Bonchev–Trinajstić information content (AvgIpc) is 2.86. The fourth-order valence-electron chi connectivity index (χ4n) is 2.71. The smallest absolute Gasteiger partial charge is 0.247 e. The molecule has 0 aliphatic carbocycles. The zero-order chi connectivity index (χ0) is 20.0. The van der Waals surface area contributed by atoms with E-state index in [2.05, 4.69) is 10.4 Å². The minimum atomic E-state index is -0.240. The number of amides is 2. The first kappa shape index (κ1) is 20.7. The normalized spacial score (nSPS) is 11.0. The van der Waals surface area contributed by atoms with Crippen LogP contribution in [0, 0.1) is 13.8 Å². The van der Waals surface area contributed by atoms with Crippen molar-refractivity contribution < 1.29 is 9.59 Å². The van der Waals surface area contributed by atoms with E-state index in [9.17, 15) is 9.59 Å². The number of hydrogen-bond acceptors (Lipinski definition) is 3. The Kier molecular flexibility index (Phi) is 7.19. The number of aryl methyl sites for hydroxylation is 3. The van der Waals surface area contributed by atoms with Crippen LogP contribution in [-0.4, -0.2) is 39.6 Å². The Bertz CT molecular complexity index is 858. The molecule has 0 fully saturated rings. The molecule has 27 heavy (non-hydrogen) atoms. The van der Waals surface area contributed by atoms with Crippen molar-refractivity contribution in [2.75, 3.05) is 18.4 Å². The third kappa shape index (κ3) is 5.44. The summed E-state index contributed by atoms with van der Waals surface area (Å²) in [5.74, 6) is -0.466. The molecule has 7 heteroatoms. The Balaban J connectivity index is 2.07. The summed E-state index contributed by atoms with van der Waals surface area (Å²) in [6.45, 7) is 6.20. The molecule has 0 saturated heterocycles. The SMILES string of the molecule is CCCN(CC(=O)Nc1ccccc1C)C(=O)/C=C/c1c(C)nn(C)c1Cl. The van der Waals surface area contributed by atoms with Crippen LogP contribution in [0.15, 0.2) is 30.3 Å². The second kappa shape index (κ2) is 9.37. The first-order chi connectivity index (χ1) is 12.8. The van der Waals surface area contributed by atoms with Gasteiger partial charge in [0, 0.05) is 30.9 Å². The Morgan fingerprint density at radius 3 is 2.59 bits per heavy atom. The molecule has 2 amide bonds. The van der Waals surface area contributed by atoms with Crippen molar-refractivity contribution in [1.82, 2.24) is 14.7 Å². The van der Waals surface area contributed by atoms with E-state index in [1.54, 1.807) is 17.8 Å². The standard InChI is InChI=1S/C20H25ClN4O2/c1-5-12-25(13-18(26)22-17-9-7-6-8-14(17)2)19(27)11-10-16-15(3)23-24(4)20(16)21/h6-11H,5,12-13H2,1-4H3,(H,22,26)/b11-10+. The van der Waals surface area contributed by atoms with Gasteiger partial charge in [0.2, 0.25) is 11.8 Å². The van der Waals surface area contributed by atoms with Gasteiger partial charge in [-0.05, 0) is 38.0 Å². The molecule has 0 unspecified atom stereocenters. The highest BCUT2D eigenvalue weighted by atomic mass is 35.5. The number of anilines is 1. The fraction of sp³-hybridized carbons (Fsp3) is 0.350. The van der Waals surface area contributed by atoms with Gasteiger partial charge in [0.05, 0.1) is 5.69 Å². The summed E-state index contributed by atoms with van der Waals surface area (Å²) in [5.41, 5.74) is 3.17. The molecule has 1 heterocycles. The van der Waals surface area contributed by atoms with Crippen molar-refractivity contribution in [3.8, 4) is 0 Å². The number of halogens is 1. The maximum Gasteiger partial charge on any atom is 0.247 e. The van der Waals surface area contributed by atoms with Crippen LogP contribution in [0.25, 0.3) is 6.08 Å². The third-order valence-electron chi connectivity index (χ3n) is 4.15. The summed E-state index contributed by atoms with van der Waals surface area (Å²) in [6, 6.07) is 7.54. The fourth-order valence-corrected chi connectivity index (χ4v) is 2.95. The highest BCUT2D eigenvalue weighted by Crippen LogP contribution is 2.20. The zero-order valence-electron chi connectivity index (χ0n) is 16.1. The van der Waals surface area contributed by atoms with Crippen molar-refractivity contribution >= 4 is 35.2 Å². The summed E-state index contributed by atoms with van der Waals surface area (Å²) in [7, 11) is 1.74. The van der Waals surface area contributed by atoms with Gasteiger partial charge in [-0.25, -0.2) is 0 Å². The molecule has 2 rings (SSSR count). The Morgan fingerprint density at radius 2 is 2.00 bits per heavy atom. The number of carbonyl (C=O) groups is 2. The van der Waals surface area contributed by atoms with Crippen LogP contribution < -0.4 is 5.32 Å². The van der Waals surface area contributed by atoms with Crippen LogP contribution in [0.5, 0.6) is 0 Å². The van der Waals surface area contributed by atoms with Crippen LogP contribution in [0.4, 0.5) is 5.69 Å². The molecule has 0 bridgehead atoms. The predicted molar refractivity (Wildman–Crippen MR) is 109 cm³/mol. The van der Waals surface area contributed by atoms with E-state index >= 15 is 0 Å². The van der Waals surface area contributed by atoms with Gasteiger partial charge >= 0.3 is 0 Å². The lowest BCUT2D eigenvalue weighted by atomic mass is 10.2. The van der Waals surface area contributed by atoms with Gasteiger partial charge in [-0.3, -0.25) is 14.3 Å². The molecule has 1 N–H and O–H groups in total. The topological polar surface area (TPSA) is 67.2 Å². The van der Waals surface area contributed by atoms with Gasteiger partial charge < -0.3 is 10.2 Å². The maximum atomic E-state index is 12.6. The molecule has 144 valence electrons. The van der Waals surface area contributed by atoms with E-state index in [1.165, 1.54) is 11.0 Å². The van der Waals surface area contributed by atoms with E-state index < -0.39 is 0 Å². The summed E-state index contributed by atoms with van der Waals surface area (Å²) in [5, 5.41) is 7.54. The molecule has 6 nitrogen and oxygen atoms in total. The van der Waals surface area contributed by atoms with E-state index in [1.807, 2.05) is 45.0 Å². The second-order valence-corrected chi connectivity index (χ2v) is 6.73. The molecule has 1 aromatic carbocycles. The lowest BCUT2D eigenvalue weighted by Gasteiger charge is -2.20. The van der Waals surface area contributed by atoms with Crippen LogP contribution in [0.3, 0.4) is 0 Å². The summed E-state index contributed by atoms with van der Waals surface area (Å²) in [4.78, 5) is 26.5. The Morgan fingerprint density at radius 1 is 1.30 bits per heavy atom. The number of hydrogen-bond donors (Lipinski definition) is 1. The predicted octanol–water partition coefficient (Wildman–Crippen LogP) is 3.58. The lowest BCUT2D eigenvalue weighted by molar-refractivity contribution is -0.130. The number of rotatable bonds is 7. The number of nitrogens with zero attached hydrogens (tertiary/aromatic N) is 3. The van der Waals surface area contributed by atoms with E-state index in [0.717, 1.165) is 23.4 Å². The van der Waals surface area contributed by atoms with Crippen molar-refractivity contribution in [3.63, 3.8) is 0 Å². The molecular weight excluding hydrogens is 364 g/mol. The van der Waals surface area contributed by atoms with Gasteiger partial charge in [-0.15, -0.1) is 0 Å². The highest BCUT2D eigenvalue weighted by Gasteiger charge is 2.16. The highest BCUT2D eigenvalue weighted by molar-refractivity contribution is 6.31. The number of carbonyl (C=O) groups excluding carboxylic acids is 2. The van der Waals surface area contributed by atoms with E-state index in [4.69, 9.17) is 11.6 Å². The summed E-state index contributed by atoms with van der Waals surface area (Å²) in [6.07, 6.45) is 3.84. The van der Waals surface area contributed by atoms with Gasteiger partial charge in [-0.2, -0.15) is 5.10 Å². The van der Waals surface area contributed by atoms with Gasteiger partial charge in [0.15, 0.2) is 0 Å². The van der Waals surface area contributed by atoms with Crippen LogP contribution in [-0.2, 0) is 16.6 Å². The summed E-state index contributed by atoms with van der Waals surface area (Å²) >= 11 is 6.19. The minimum absolute atomic E-state index is 0.00883. The Hall–Kier alpha value is -2.60. The van der Waals surface area contributed by atoms with Gasteiger partial charge in [-0.1, -0.05) is 36.7 Å². The molecule has 0 atom stereocenters. The molecule has 0 saturated carbocycles. The monoisotopic (exact) mass is 388 g/mol. The average molecular weight is 389 g/mol. The van der Waals surface area contributed by atoms with Crippen molar-refractivity contribution in [3.05, 3.63) is 52.3 Å². The van der Waals surface area contributed by atoms with Crippen LogP contribution >= 0.6 is 11.6 Å². The first-order valence-electron chi connectivity index (χ1n) is 8.85. The number of para-hydroxylation sites is 1. The minimum Gasteiger partial charge on any atom is -0.330 e. The molecular formula is C20H25ClN4O2. The molecule has 0 spiro atoms. The lowest BCUT2D eigenvalue weighted by Crippen LogP contribution is -2.37. The molecule has 1 aromatic heterocycles. The maximum absolute atomic E-state index is 12.6. The molecule has 0 radical (unpaired) electrons. The second-order valence-electron chi connectivity index (χ2n) is 6.37. The Labute approximate surface area is 164 Å². The van der Waals surface area contributed by atoms with Gasteiger partial charge in [0.1, 0.15) is 11.7 Å². The van der Waals surface area contributed by atoms with Crippen molar-refractivity contribution in [1.29, 1.82) is 0 Å². The first-order valence-corrected chi connectivity index (χ1v) is 9.22. The molecule has 2 aromatic rings. The summed E-state index contributed by atoms with van der Waals surface area (Å²) < 4.78 is 1.56. The van der Waals surface area contributed by atoms with Gasteiger partial charge in [0.25, 0.3) is 0 Å².